The summed E-state index contributed by atoms with van der Waals surface area (Å²) in [6, 6.07) is 19.3. The first kappa shape index (κ1) is 30.5. The SMILES string of the molecule is O=C(CCl)O[C@@H]1[C@@H](OCCCC(Br)CBr)O[C@H](COCc2ccccc2)[C@@H](O)[C@@H]1OCc1ccccc1. The Morgan fingerprint density at radius 1 is 1.00 bits per heavy atom. The maximum Gasteiger partial charge on any atom is 0.321 e. The Bertz CT molecular complexity index is 908. The van der Waals surface area contributed by atoms with E-state index in [0.717, 1.165) is 29.3 Å². The first-order valence-corrected chi connectivity index (χ1v) is 14.8. The summed E-state index contributed by atoms with van der Waals surface area (Å²) in [6.07, 6.45) is -3.14. The van der Waals surface area contributed by atoms with Gasteiger partial charge in [0.05, 0.1) is 19.8 Å². The summed E-state index contributed by atoms with van der Waals surface area (Å²) >= 11 is 12.8. The number of benzene rings is 2. The zero-order chi connectivity index (χ0) is 26.5. The van der Waals surface area contributed by atoms with Crippen LogP contribution in [0.25, 0.3) is 0 Å². The monoisotopic (exact) mass is 662 g/mol. The van der Waals surface area contributed by atoms with E-state index in [1.165, 1.54) is 0 Å². The molecule has 0 aromatic heterocycles. The van der Waals surface area contributed by atoms with Gasteiger partial charge in [0.1, 0.15) is 24.2 Å². The van der Waals surface area contributed by atoms with Crippen LogP contribution >= 0.6 is 43.5 Å². The number of ether oxygens (including phenoxy) is 5. The second-order valence-corrected chi connectivity index (χ2v) is 10.9. The van der Waals surface area contributed by atoms with E-state index in [1.54, 1.807) is 0 Å². The van der Waals surface area contributed by atoms with Gasteiger partial charge in [-0.25, -0.2) is 0 Å². The number of halogens is 3. The summed E-state index contributed by atoms with van der Waals surface area (Å²) in [7, 11) is 0. The van der Waals surface area contributed by atoms with E-state index in [1.807, 2.05) is 60.7 Å². The van der Waals surface area contributed by atoms with E-state index in [4.69, 9.17) is 35.3 Å². The van der Waals surface area contributed by atoms with Crippen molar-refractivity contribution >= 4 is 49.4 Å². The van der Waals surface area contributed by atoms with E-state index in [-0.39, 0.29) is 19.1 Å². The summed E-state index contributed by atoms with van der Waals surface area (Å²) in [5.74, 6) is -0.992. The standard InChI is InChI=1S/C27H33Br2ClO7/c28-14-21(29)12-7-13-34-27-26(37-23(31)15-30)25(35-17-20-10-5-2-6-11-20)24(32)22(36-27)18-33-16-19-8-3-1-4-9-19/h1-6,8-11,21-22,24-27,32H,7,12-18H2/t21?,22-,24-,25+,26+,27+/m1/s1. The Kier molecular flexibility index (Phi) is 13.9. The minimum atomic E-state index is -1.13. The lowest BCUT2D eigenvalue weighted by Crippen LogP contribution is -2.61. The number of aliphatic hydroxyl groups excluding tert-OH is 1. The highest BCUT2D eigenvalue weighted by molar-refractivity contribution is 9.12. The quantitative estimate of drug-likeness (QED) is 0.163. The normalized spacial score (nSPS) is 24.5. The number of rotatable bonds is 15. The van der Waals surface area contributed by atoms with Crippen LogP contribution in [0.5, 0.6) is 0 Å². The van der Waals surface area contributed by atoms with Gasteiger partial charge >= 0.3 is 5.97 Å². The maximum absolute atomic E-state index is 12.2. The predicted molar refractivity (Wildman–Crippen MR) is 148 cm³/mol. The van der Waals surface area contributed by atoms with Crippen LogP contribution in [0.1, 0.15) is 24.0 Å². The number of aliphatic hydroxyl groups is 1. The van der Waals surface area contributed by atoms with Crippen LogP contribution in [0, 0.1) is 0 Å². The molecule has 1 aliphatic rings. The van der Waals surface area contributed by atoms with Gasteiger partial charge in [-0.05, 0) is 24.0 Å². The van der Waals surface area contributed by atoms with Crippen molar-refractivity contribution in [3.8, 4) is 0 Å². The first-order valence-electron chi connectivity index (χ1n) is 12.2. The molecule has 3 rings (SSSR count). The Balaban J connectivity index is 1.72. The van der Waals surface area contributed by atoms with Crippen LogP contribution in [0.2, 0.25) is 0 Å². The van der Waals surface area contributed by atoms with Crippen LogP contribution in [0.3, 0.4) is 0 Å². The lowest BCUT2D eigenvalue weighted by molar-refractivity contribution is -0.313. The van der Waals surface area contributed by atoms with Crippen molar-refractivity contribution in [3.05, 3.63) is 71.8 Å². The molecule has 0 bridgehead atoms. The van der Waals surface area contributed by atoms with Crippen molar-refractivity contribution < 1.29 is 33.6 Å². The third-order valence-corrected chi connectivity index (χ3v) is 8.44. The maximum atomic E-state index is 12.2. The molecule has 7 nitrogen and oxygen atoms in total. The minimum Gasteiger partial charge on any atom is -0.453 e. The topological polar surface area (TPSA) is 83.5 Å². The molecular formula is C27H33Br2ClO7. The molecule has 1 N–H and O–H groups in total. The molecule has 37 heavy (non-hydrogen) atoms. The minimum absolute atomic E-state index is 0.102. The summed E-state index contributed by atoms with van der Waals surface area (Å²) in [6.45, 7) is 1.04. The Labute approximate surface area is 240 Å². The Morgan fingerprint density at radius 2 is 1.65 bits per heavy atom. The molecule has 1 fully saturated rings. The fraction of sp³-hybridized carbons (Fsp3) is 0.519. The highest BCUT2D eigenvalue weighted by Gasteiger charge is 2.49. The van der Waals surface area contributed by atoms with Gasteiger partial charge in [-0.2, -0.15) is 0 Å². The summed E-state index contributed by atoms with van der Waals surface area (Å²) in [5, 5.41) is 12.1. The van der Waals surface area contributed by atoms with Gasteiger partial charge in [-0.3, -0.25) is 4.79 Å². The number of alkyl halides is 3. The van der Waals surface area contributed by atoms with E-state index in [9.17, 15) is 9.90 Å². The molecule has 0 radical (unpaired) electrons. The molecule has 0 amide bonds. The molecule has 1 unspecified atom stereocenters. The summed E-state index contributed by atoms with van der Waals surface area (Å²) < 4.78 is 29.7. The second-order valence-electron chi connectivity index (χ2n) is 8.65. The number of hydrogen-bond acceptors (Lipinski definition) is 7. The van der Waals surface area contributed by atoms with Crippen LogP contribution < -0.4 is 0 Å². The average molecular weight is 665 g/mol. The van der Waals surface area contributed by atoms with Gasteiger partial charge in [0, 0.05) is 16.8 Å². The molecule has 2 aromatic rings. The van der Waals surface area contributed by atoms with Crippen molar-refractivity contribution in [2.45, 2.75) is 61.6 Å². The molecule has 6 atom stereocenters. The molecule has 204 valence electrons. The number of hydrogen-bond donors (Lipinski definition) is 1. The highest BCUT2D eigenvalue weighted by Crippen LogP contribution is 2.29. The molecule has 10 heteroatoms. The van der Waals surface area contributed by atoms with E-state index in [0.29, 0.717) is 18.0 Å². The van der Waals surface area contributed by atoms with E-state index >= 15 is 0 Å². The second kappa shape index (κ2) is 16.8. The van der Waals surface area contributed by atoms with Gasteiger partial charge in [0.15, 0.2) is 12.4 Å². The summed E-state index contributed by atoms with van der Waals surface area (Å²) in [4.78, 5) is 12.5. The van der Waals surface area contributed by atoms with Crippen molar-refractivity contribution in [3.63, 3.8) is 0 Å². The predicted octanol–water partition coefficient (Wildman–Crippen LogP) is 4.98. The van der Waals surface area contributed by atoms with Crippen molar-refractivity contribution in [2.75, 3.05) is 24.4 Å². The number of carbonyl (C=O) groups excluding carboxylic acids is 1. The zero-order valence-electron chi connectivity index (χ0n) is 20.4. The van der Waals surface area contributed by atoms with Crippen LogP contribution in [-0.2, 0) is 41.7 Å². The van der Waals surface area contributed by atoms with Crippen molar-refractivity contribution in [1.82, 2.24) is 0 Å². The fourth-order valence-electron chi connectivity index (χ4n) is 3.88. The Morgan fingerprint density at radius 3 is 2.27 bits per heavy atom. The lowest BCUT2D eigenvalue weighted by Gasteiger charge is -2.43. The van der Waals surface area contributed by atoms with Gasteiger partial charge < -0.3 is 28.8 Å². The van der Waals surface area contributed by atoms with Crippen LogP contribution in [0.4, 0.5) is 0 Å². The molecule has 1 saturated heterocycles. The molecule has 2 aromatic carbocycles. The Hall–Kier alpha value is -1.04. The van der Waals surface area contributed by atoms with Crippen molar-refractivity contribution in [1.29, 1.82) is 0 Å². The number of esters is 1. The average Bonchev–Trinajstić information content (AvgIpc) is 2.93. The van der Waals surface area contributed by atoms with Gasteiger partial charge in [-0.1, -0.05) is 92.5 Å². The molecule has 0 saturated carbocycles. The molecule has 1 heterocycles. The highest BCUT2D eigenvalue weighted by atomic mass is 79.9. The van der Waals surface area contributed by atoms with E-state index < -0.39 is 36.7 Å². The number of carbonyl (C=O) groups is 1. The lowest BCUT2D eigenvalue weighted by atomic mass is 9.98. The fourth-order valence-corrected chi connectivity index (χ4v) is 4.59. The van der Waals surface area contributed by atoms with Crippen LogP contribution in [-0.4, -0.2) is 71.0 Å². The summed E-state index contributed by atoms with van der Waals surface area (Å²) in [5.41, 5.74) is 1.92. The third-order valence-electron chi connectivity index (χ3n) is 5.79. The van der Waals surface area contributed by atoms with Gasteiger partial charge in [0.25, 0.3) is 0 Å². The molecule has 0 aliphatic carbocycles. The molecule has 1 aliphatic heterocycles. The van der Waals surface area contributed by atoms with E-state index in [2.05, 4.69) is 31.9 Å². The zero-order valence-corrected chi connectivity index (χ0v) is 24.4. The first-order chi connectivity index (χ1) is 18.0. The third kappa shape index (κ3) is 10.2. The largest absolute Gasteiger partial charge is 0.453 e. The smallest absolute Gasteiger partial charge is 0.321 e. The molecule has 0 spiro atoms. The van der Waals surface area contributed by atoms with Gasteiger partial charge in [0.2, 0.25) is 0 Å². The van der Waals surface area contributed by atoms with Crippen molar-refractivity contribution in [2.24, 2.45) is 0 Å². The van der Waals surface area contributed by atoms with Crippen LogP contribution in [0.15, 0.2) is 60.7 Å². The molecular weight excluding hydrogens is 632 g/mol. The van der Waals surface area contributed by atoms with Gasteiger partial charge in [-0.15, -0.1) is 11.6 Å².